The van der Waals surface area contributed by atoms with E-state index in [4.69, 9.17) is 0 Å². The van der Waals surface area contributed by atoms with E-state index in [9.17, 15) is 4.79 Å². The van der Waals surface area contributed by atoms with Crippen molar-refractivity contribution in [3.63, 3.8) is 0 Å². The third-order valence-electron chi connectivity index (χ3n) is 4.60. The average Bonchev–Trinajstić information content (AvgIpc) is 2.99. The molecule has 1 aliphatic carbocycles. The van der Waals surface area contributed by atoms with Gasteiger partial charge in [0, 0.05) is 6.42 Å². The highest BCUT2D eigenvalue weighted by Crippen LogP contribution is 2.28. The van der Waals surface area contributed by atoms with E-state index in [0.717, 1.165) is 0 Å². The van der Waals surface area contributed by atoms with Crippen molar-refractivity contribution in [3.8, 4) is 0 Å². The summed E-state index contributed by atoms with van der Waals surface area (Å²) in [5.41, 5.74) is 1.17. The van der Waals surface area contributed by atoms with Gasteiger partial charge in [-0.25, -0.2) is 0 Å². The first-order valence-corrected chi connectivity index (χ1v) is 8.00. The summed E-state index contributed by atoms with van der Waals surface area (Å²) < 4.78 is 0. The maximum atomic E-state index is 12.1. The first-order chi connectivity index (χ1) is 10.2. The molecule has 3 rings (SSSR count). The summed E-state index contributed by atoms with van der Waals surface area (Å²) in [6.45, 7) is 2.07. The fourth-order valence-electron chi connectivity index (χ4n) is 3.34. The molecule has 1 amide bonds. The molecule has 110 valence electrons. The molecular weight excluding hydrogens is 258 g/mol. The van der Waals surface area contributed by atoms with Crippen LogP contribution in [0.15, 0.2) is 42.5 Å². The standard InChI is InChI=1S/C19H23NO/c1-14(20-19(21)12-15-6-2-3-7-15)17-11-10-16-8-4-5-9-18(16)13-17/h4-5,8-11,13-15H,2-3,6-7,12H2,1H3,(H,20,21). The van der Waals surface area contributed by atoms with Crippen LogP contribution in [0.1, 0.15) is 50.6 Å². The lowest BCUT2D eigenvalue weighted by Gasteiger charge is -2.16. The van der Waals surface area contributed by atoms with Crippen LogP contribution in [0.5, 0.6) is 0 Å². The summed E-state index contributed by atoms with van der Waals surface area (Å²) in [6.07, 6.45) is 5.71. The molecule has 1 fully saturated rings. The number of hydrogen-bond acceptors (Lipinski definition) is 1. The lowest BCUT2D eigenvalue weighted by atomic mass is 10.0. The molecule has 0 heterocycles. The van der Waals surface area contributed by atoms with Gasteiger partial charge in [0.15, 0.2) is 0 Å². The minimum atomic E-state index is 0.0727. The molecule has 1 saturated carbocycles. The molecule has 21 heavy (non-hydrogen) atoms. The van der Waals surface area contributed by atoms with E-state index in [-0.39, 0.29) is 11.9 Å². The SMILES string of the molecule is CC(NC(=O)CC1CCCC1)c1ccc2ccccc2c1. The fraction of sp³-hybridized carbons (Fsp3) is 0.421. The first-order valence-electron chi connectivity index (χ1n) is 8.00. The maximum Gasteiger partial charge on any atom is 0.220 e. The zero-order valence-electron chi connectivity index (χ0n) is 12.6. The van der Waals surface area contributed by atoms with Gasteiger partial charge in [-0.3, -0.25) is 4.79 Å². The van der Waals surface area contributed by atoms with E-state index in [1.165, 1.54) is 42.0 Å². The van der Waals surface area contributed by atoms with Gasteiger partial charge in [0.25, 0.3) is 0 Å². The number of carbonyl (C=O) groups excluding carboxylic acids is 1. The van der Waals surface area contributed by atoms with Crippen molar-refractivity contribution in [2.75, 3.05) is 0 Å². The smallest absolute Gasteiger partial charge is 0.220 e. The van der Waals surface area contributed by atoms with Crippen LogP contribution in [0.25, 0.3) is 10.8 Å². The summed E-state index contributed by atoms with van der Waals surface area (Å²) in [5.74, 6) is 0.802. The lowest BCUT2D eigenvalue weighted by molar-refractivity contribution is -0.122. The Morgan fingerprint density at radius 1 is 1.14 bits per heavy atom. The molecule has 0 bridgehead atoms. The molecule has 0 aliphatic heterocycles. The quantitative estimate of drug-likeness (QED) is 0.872. The largest absolute Gasteiger partial charge is 0.350 e. The minimum Gasteiger partial charge on any atom is -0.350 e. The molecule has 0 spiro atoms. The van der Waals surface area contributed by atoms with E-state index in [1.807, 2.05) is 0 Å². The summed E-state index contributed by atoms with van der Waals surface area (Å²) >= 11 is 0. The van der Waals surface area contributed by atoms with E-state index in [2.05, 4.69) is 54.7 Å². The molecule has 2 heteroatoms. The molecule has 0 radical (unpaired) electrons. The van der Waals surface area contributed by atoms with E-state index < -0.39 is 0 Å². The van der Waals surface area contributed by atoms with Crippen LogP contribution in [0.3, 0.4) is 0 Å². The van der Waals surface area contributed by atoms with E-state index >= 15 is 0 Å². The highest BCUT2D eigenvalue weighted by Gasteiger charge is 2.19. The van der Waals surface area contributed by atoms with E-state index in [1.54, 1.807) is 0 Å². The molecule has 2 aromatic carbocycles. The number of carbonyl (C=O) groups is 1. The molecule has 1 unspecified atom stereocenters. The van der Waals surface area contributed by atoms with Crippen LogP contribution in [-0.4, -0.2) is 5.91 Å². The van der Waals surface area contributed by atoms with Gasteiger partial charge in [-0.05, 0) is 48.1 Å². The number of nitrogens with one attached hydrogen (secondary N) is 1. The van der Waals surface area contributed by atoms with Gasteiger partial charge < -0.3 is 5.32 Å². The second-order valence-corrected chi connectivity index (χ2v) is 6.25. The summed E-state index contributed by atoms with van der Waals surface area (Å²) in [4.78, 5) is 12.1. The predicted molar refractivity (Wildman–Crippen MR) is 87.1 cm³/mol. The molecule has 2 aromatic rings. The van der Waals surface area contributed by atoms with Crippen molar-refractivity contribution < 1.29 is 4.79 Å². The van der Waals surface area contributed by atoms with Gasteiger partial charge in [-0.2, -0.15) is 0 Å². The normalized spacial score (nSPS) is 17.0. The first kappa shape index (κ1) is 14.1. The van der Waals surface area contributed by atoms with Crippen molar-refractivity contribution >= 4 is 16.7 Å². The Morgan fingerprint density at radius 3 is 2.62 bits per heavy atom. The minimum absolute atomic E-state index is 0.0727. The van der Waals surface area contributed by atoms with Gasteiger partial charge in [0.1, 0.15) is 0 Å². The number of benzene rings is 2. The number of rotatable bonds is 4. The van der Waals surface area contributed by atoms with Crippen molar-refractivity contribution in [1.29, 1.82) is 0 Å². The Morgan fingerprint density at radius 2 is 1.86 bits per heavy atom. The second-order valence-electron chi connectivity index (χ2n) is 6.25. The zero-order chi connectivity index (χ0) is 14.7. The maximum absolute atomic E-state index is 12.1. The third kappa shape index (κ3) is 3.44. The summed E-state index contributed by atoms with van der Waals surface area (Å²) in [7, 11) is 0. The summed E-state index contributed by atoms with van der Waals surface area (Å²) in [6, 6.07) is 14.8. The van der Waals surface area contributed by atoms with Crippen molar-refractivity contribution in [2.45, 2.75) is 45.1 Å². The predicted octanol–water partition coefficient (Wildman–Crippen LogP) is 4.60. The Labute approximate surface area is 126 Å². The number of hydrogen-bond donors (Lipinski definition) is 1. The Kier molecular flexibility index (Phi) is 4.23. The van der Waals surface area contributed by atoms with Crippen molar-refractivity contribution in [2.24, 2.45) is 5.92 Å². The van der Waals surface area contributed by atoms with Gasteiger partial charge in [-0.15, -0.1) is 0 Å². The van der Waals surface area contributed by atoms with Gasteiger partial charge >= 0.3 is 0 Å². The number of amides is 1. The monoisotopic (exact) mass is 281 g/mol. The Hall–Kier alpha value is -1.83. The van der Waals surface area contributed by atoms with Crippen LogP contribution in [0, 0.1) is 5.92 Å². The zero-order valence-corrected chi connectivity index (χ0v) is 12.6. The Balaban J connectivity index is 1.65. The topological polar surface area (TPSA) is 29.1 Å². The summed E-state index contributed by atoms with van der Waals surface area (Å²) in [5, 5.41) is 5.62. The highest BCUT2D eigenvalue weighted by molar-refractivity contribution is 5.83. The van der Waals surface area contributed by atoms with Gasteiger partial charge in [0.2, 0.25) is 5.91 Å². The number of fused-ring (bicyclic) bond motifs is 1. The van der Waals surface area contributed by atoms with Crippen molar-refractivity contribution in [1.82, 2.24) is 5.32 Å². The van der Waals surface area contributed by atoms with Crippen molar-refractivity contribution in [3.05, 3.63) is 48.0 Å². The van der Waals surface area contributed by atoms with Crippen LogP contribution < -0.4 is 5.32 Å². The van der Waals surface area contributed by atoms with Crippen LogP contribution in [0.4, 0.5) is 0 Å². The molecule has 0 aromatic heterocycles. The van der Waals surface area contributed by atoms with E-state index in [0.29, 0.717) is 12.3 Å². The fourth-order valence-corrected chi connectivity index (χ4v) is 3.34. The van der Waals surface area contributed by atoms with Crippen LogP contribution in [0.2, 0.25) is 0 Å². The highest BCUT2D eigenvalue weighted by atomic mass is 16.1. The average molecular weight is 281 g/mol. The molecule has 2 nitrogen and oxygen atoms in total. The Bertz CT molecular complexity index is 628. The van der Waals surface area contributed by atoms with Crippen LogP contribution in [-0.2, 0) is 4.79 Å². The molecule has 1 atom stereocenters. The second kappa shape index (κ2) is 6.30. The third-order valence-corrected chi connectivity index (χ3v) is 4.60. The molecule has 1 aliphatic rings. The van der Waals surface area contributed by atoms with Gasteiger partial charge in [0.05, 0.1) is 6.04 Å². The molecule has 1 N–H and O–H groups in total. The van der Waals surface area contributed by atoms with Gasteiger partial charge in [-0.1, -0.05) is 49.2 Å². The van der Waals surface area contributed by atoms with Crippen LogP contribution >= 0.6 is 0 Å². The molecule has 0 saturated heterocycles. The lowest BCUT2D eigenvalue weighted by Crippen LogP contribution is -2.27. The molecular formula is C19H23NO.